The Bertz CT molecular complexity index is 508. The van der Waals surface area contributed by atoms with Crippen molar-refractivity contribution in [3.63, 3.8) is 0 Å². The second-order valence-electron chi connectivity index (χ2n) is 5.38. The van der Waals surface area contributed by atoms with Crippen molar-refractivity contribution in [2.45, 2.75) is 18.9 Å². The van der Waals surface area contributed by atoms with Crippen molar-refractivity contribution in [2.75, 3.05) is 47.5 Å². The number of ether oxygens (including phenoxy) is 3. The molecule has 7 heteroatoms. The lowest BCUT2D eigenvalue weighted by atomic mass is 9.99. The zero-order valence-corrected chi connectivity index (χ0v) is 13.8. The lowest BCUT2D eigenvalue weighted by molar-refractivity contribution is 0.0728. The van der Waals surface area contributed by atoms with E-state index in [9.17, 15) is 8.78 Å². The molecule has 1 heterocycles. The Morgan fingerprint density at radius 1 is 1.00 bits per heavy atom. The molecule has 1 fully saturated rings. The van der Waals surface area contributed by atoms with Gasteiger partial charge in [-0.25, -0.2) is 8.78 Å². The number of hydrogen-bond acceptors (Lipinski definition) is 5. The van der Waals surface area contributed by atoms with E-state index in [1.165, 1.54) is 21.3 Å². The Balaban J connectivity index is 2.42. The molecule has 1 aromatic carbocycles. The minimum atomic E-state index is -2.40. The van der Waals surface area contributed by atoms with E-state index in [1.807, 2.05) is 0 Å². The van der Waals surface area contributed by atoms with Gasteiger partial charge in [-0.1, -0.05) is 0 Å². The SMILES string of the molecule is COc1cc(OC)c([C@@H](CC(F)F)N2CCNCC2)cc1OC. The molecule has 1 N–H and O–H groups in total. The quantitative estimate of drug-likeness (QED) is 0.831. The average molecular weight is 330 g/mol. The van der Waals surface area contributed by atoms with E-state index in [1.54, 1.807) is 12.1 Å². The van der Waals surface area contributed by atoms with E-state index in [2.05, 4.69) is 10.2 Å². The fraction of sp³-hybridized carbons (Fsp3) is 0.625. The van der Waals surface area contributed by atoms with E-state index in [4.69, 9.17) is 14.2 Å². The van der Waals surface area contributed by atoms with Crippen LogP contribution in [-0.2, 0) is 0 Å². The predicted octanol–water partition coefficient (Wildman–Crippen LogP) is 2.31. The lowest BCUT2D eigenvalue weighted by Crippen LogP contribution is -2.45. The lowest BCUT2D eigenvalue weighted by Gasteiger charge is -2.36. The highest BCUT2D eigenvalue weighted by Gasteiger charge is 2.29. The van der Waals surface area contributed by atoms with Crippen molar-refractivity contribution < 1.29 is 23.0 Å². The van der Waals surface area contributed by atoms with Crippen LogP contribution in [-0.4, -0.2) is 58.8 Å². The minimum Gasteiger partial charge on any atom is -0.496 e. The van der Waals surface area contributed by atoms with Crippen LogP contribution in [0.25, 0.3) is 0 Å². The summed E-state index contributed by atoms with van der Waals surface area (Å²) in [6.07, 6.45) is -2.64. The molecule has 0 aromatic heterocycles. The molecule has 1 aromatic rings. The van der Waals surface area contributed by atoms with Crippen molar-refractivity contribution >= 4 is 0 Å². The molecular weight excluding hydrogens is 306 g/mol. The second kappa shape index (κ2) is 8.31. The van der Waals surface area contributed by atoms with E-state index in [0.29, 0.717) is 22.8 Å². The maximum atomic E-state index is 13.2. The van der Waals surface area contributed by atoms with Crippen LogP contribution in [0.15, 0.2) is 12.1 Å². The van der Waals surface area contributed by atoms with Gasteiger partial charge < -0.3 is 19.5 Å². The van der Waals surface area contributed by atoms with Crippen LogP contribution in [0, 0.1) is 0 Å². The summed E-state index contributed by atoms with van der Waals surface area (Å²) in [4.78, 5) is 2.06. The first kappa shape index (κ1) is 17.7. The summed E-state index contributed by atoms with van der Waals surface area (Å²) >= 11 is 0. The Hall–Kier alpha value is -1.60. The number of benzene rings is 1. The van der Waals surface area contributed by atoms with E-state index < -0.39 is 12.5 Å². The van der Waals surface area contributed by atoms with Gasteiger partial charge in [0, 0.05) is 50.3 Å². The molecule has 1 aliphatic rings. The summed E-state index contributed by atoms with van der Waals surface area (Å²) in [6, 6.07) is 3.01. The number of alkyl halides is 2. The molecule has 0 aliphatic carbocycles. The highest BCUT2D eigenvalue weighted by Crippen LogP contribution is 2.41. The van der Waals surface area contributed by atoms with Crippen LogP contribution in [0.3, 0.4) is 0 Å². The Morgan fingerprint density at radius 3 is 2.09 bits per heavy atom. The third-order valence-corrected chi connectivity index (χ3v) is 4.09. The molecule has 0 saturated carbocycles. The molecule has 0 radical (unpaired) electrons. The van der Waals surface area contributed by atoms with E-state index in [0.717, 1.165) is 26.2 Å². The van der Waals surface area contributed by atoms with Crippen LogP contribution in [0.5, 0.6) is 17.2 Å². The van der Waals surface area contributed by atoms with Crippen molar-refractivity contribution in [2.24, 2.45) is 0 Å². The zero-order chi connectivity index (χ0) is 16.8. The highest BCUT2D eigenvalue weighted by molar-refractivity contribution is 5.52. The van der Waals surface area contributed by atoms with Gasteiger partial charge in [-0.2, -0.15) is 0 Å². The number of nitrogens with zero attached hydrogens (tertiary/aromatic N) is 1. The summed E-state index contributed by atoms with van der Waals surface area (Å²) in [5.74, 6) is 1.56. The van der Waals surface area contributed by atoms with Crippen molar-refractivity contribution in [1.29, 1.82) is 0 Å². The van der Waals surface area contributed by atoms with Gasteiger partial charge in [0.05, 0.1) is 21.3 Å². The van der Waals surface area contributed by atoms with Crippen LogP contribution in [0.4, 0.5) is 8.78 Å². The molecule has 0 amide bonds. The van der Waals surface area contributed by atoms with Gasteiger partial charge in [-0.15, -0.1) is 0 Å². The van der Waals surface area contributed by atoms with Crippen LogP contribution in [0.2, 0.25) is 0 Å². The van der Waals surface area contributed by atoms with E-state index >= 15 is 0 Å². The Kier molecular flexibility index (Phi) is 6.41. The standard InChI is InChI=1S/C16H24F2N2O3/c1-21-13-10-15(23-3)14(22-2)8-11(13)12(9-16(17)18)20-6-4-19-5-7-20/h8,10,12,16,19H,4-7,9H2,1-3H3/t12-/m1/s1. The topological polar surface area (TPSA) is 43.0 Å². The maximum absolute atomic E-state index is 13.2. The first-order chi connectivity index (χ1) is 11.1. The number of rotatable bonds is 7. The van der Waals surface area contributed by atoms with Gasteiger partial charge in [0.1, 0.15) is 5.75 Å². The predicted molar refractivity (Wildman–Crippen MR) is 83.9 cm³/mol. The van der Waals surface area contributed by atoms with Crippen LogP contribution >= 0.6 is 0 Å². The van der Waals surface area contributed by atoms with Gasteiger partial charge in [0.25, 0.3) is 0 Å². The van der Waals surface area contributed by atoms with Gasteiger partial charge in [0.2, 0.25) is 6.43 Å². The van der Waals surface area contributed by atoms with Gasteiger partial charge in [-0.3, -0.25) is 4.90 Å². The second-order valence-corrected chi connectivity index (χ2v) is 5.38. The van der Waals surface area contributed by atoms with Crippen molar-refractivity contribution in [1.82, 2.24) is 10.2 Å². The molecule has 1 aliphatic heterocycles. The van der Waals surface area contributed by atoms with Gasteiger partial charge in [-0.05, 0) is 6.07 Å². The molecule has 5 nitrogen and oxygen atoms in total. The summed E-state index contributed by atoms with van der Waals surface area (Å²) in [6.45, 7) is 3.01. The van der Waals surface area contributed by atoms with E-state index in [-0.39, 0.29) is 6.42 Å². The molecule has 1 atom stereocenters. The molecule has 130 valence electrons. The third kappa shape index (κ3) is 4.23. The number of nitrogens with one attached hydrogen (secondary N) is 1. The number of piperazine rings is 1. The highest BCUT2D eigenvalue weighted by atomic mass is 19.3. The minimum absolute atomic E-state index is 0.244. The number of hydrogen-bond donors (Lipinski definition) is 1. The fourth-order valence-corrected chi connectivity index (χ4v) is 2.95. The summed E-state index contributed by atoms with van der Waals surface area (Å²) in [5.41, 5.74) is 0.701. The average Bonchev–Trinajstić information content (AvgIpc) is 2.59. The van der Waals surface area contributed by atoms with Gasteiger partial charge >= 0.3 is 0 Å². The molecule has 2 rings (SSSR count). The monoisotopic (exact) mass is 330 g/mol. The molecule has 0 bridgehead atoms. The van der Waals surface area contributed by atoms with Crippen LogP contribution in [0.1, 0.15) is 18.0 Å². The summed E-state index contributed by atoms with van der Waals surface area (Å²) in [7, 11) is 4.59. The maximum Gasteiger partial charge on any atom is 0.240 e. The molecule has 0 unspecified atom stereocenters. The van der Waals surface area contributed by atoms with Crippen molar-refractivity contribution in [3.05, 3.63) is 17.7 Å². The Labute approximate surface area is 135 Å². The normalized spacial score (nSPS) is 17.1. The summed E-state index contributed by atoms with van der Waals surface area (Å²) in [5, 5.41) is 3.24. The zero-order valence-electron chi connectivity index (χ0n) is 13.8. The summed E-state index contributed by atoms with van der Waals surface area (Å²) < 4.78 is 42.3. The largest absolute Gasteiger partial charge is 0.496 e. The smallest absolute Gasteiger partial charge is 0.240 e. The number of halogens is 2. The molecule has 23 heavy (non-hydrogen) atoms. The Morgan fingerprint density at radius 2 is 1.57 bits per heavy atom. The molecule has 0 spiro atoms. The first-order valence-corrected chi connectivity index (χ1v) is 7.63. The molecule has 1 saturated heterocycles. The first-order valence-electron chi connectivity index (χ1n) is 7.63. The fourth-order valence-electron chi connectivity index (χ4n) is 2.95. The van der Waals surface area contributed by atoms with Crippen LogP contribution < -0.4 is 19.5 Å². The van der Waals surface area contributed by atoms with Crippen molar-refractivity contribution in [3.8, 4) is 17.2 Å². The van der Waals surface area contributed by atoms with Gasteiger partial charge in [0.15, 0.2) is 11.5 Å². The third-order valence-electron chi connectivity index (χ3n) is 4.09. The number of methoxy groups -OCH3 is 3. The molecular formula is C16H24F2N2O3.